The third-order valence-electron chi connectivity index (χ3n) is 2.90. The molecule has 2 saturated heterocycles. The van der Waals surface area contributed by atoms with Crippen LogP contribution in [0.5, 0.6) is 0 Å². The van der Waals surface area contributed by atoms with Crippen molar-refractivity contribution in [2.24, 2.45) is 0 Å². The lowest BCUT2D eigenvalue weighted by atomic mass is 10.2. The molecule has 2 fully saturated rings. The Hall–Kier alpha value is -0.660. The van der Waals surface area contributed by atoms with Gasteiger partial charge in [-0.05, 0) is 0 Å². The van der Waals surface area contributed by atoms with Crippen LogP contribution in [0.1, 0.15) is 12.8 Å². The van der Waals surface area contributed by atoms with E-state index in [9.17, 15) is 13.2 Å². The highest BCUT2D eigenvalue weighted by atomic mass is 32.2. The van der Waals surface area contributed by atoms with Gasteiger partial charge in [0.2, 0.25) is 0 Å². The monoisotopic (exact) mass is 263 g/mol. The van der Waals surface area contributed by atoms with Crippen LogP contribution in [-0.2, 0) is 24.1 Å². The Labute approximate surface area is 101 Å². The molecule has 0 spiro atoms. The van der Waals surface area contributed by atoms with Crippen LogP contribution in [0, 0.1) is 0 Å². The average molecular weight is 263 g/mol. The van der Waals surface area contributed by atoms with Gasteiger partial charge in [-0.15, -0.1) is 0 Å². The number of nitrogens with one attached hydrogen (secondary N) is 1. The smallest absolute Gasteiger partial charge is 0.307 e. The van der Waals surface area contributed by atoms with Crippen molar-refractivity contribution in [2.75, 3.05) is 31.3 Å². The molecule has 98 valence electrons. The lowest BCUT2D eigenvalue weighted by molar-refractivity contribution is -0.149. The van der Waals surface area contributed by atoms with Gasteiger partial charge in [0, 0.05) is 19.0 Å². The number of carbonyl (C=O) groups is 1. The van der Waals surface area contributed by atoms with Gasteiger partial charge in [-0.3, -0.25) is 4.79 Å². The molecule has 1 N–H and O–H groups in total. The van der Waals surface area contributed by atoms with Gasteiger partial charge >= 0.3 is 5.97 Å². The minimum atomic E-state index is -3.00. The van der Waals surface area contributed by atoms with Gasteiger partial charge in [0.1, 0.15) is 6.10 Å². The van der Waals surface area contributed by atoms with E-state index < -0.39 is 9.84 Å². The second-order valence-corrected chi connectivity index (χ2v) is 6.67. The van der Waals surface area contributed by atoms with Crippen LogP contribution in [0.2, 0.25) is 0 Å². The standard InChI is InChI=1S/C10H17NO5S/c12-10(16-9-1-3-15-6-9)5-8-7-17(13,14)4-2-11-8/h8-9,11H,1-7H2. The number of sulfone groups is 1. The fourth-order valence-corrected chi connectivity index (χ4v) is 3.48. The number of hydrogen-bond acceptors (Lipinski definition) is 6. The SMILES string of the molecule is O=C(CC1CS(=O)(=O)CCN1)OC1CCOC1. The van der Waals surface area contributed by atoms with Gasteiger partial charge in [0.05, 0.1) is 31.1 Å². The molecule has 0 radical (unpaired) electrons. The molecule has 0 aromatic carbocycles. The second kappa shape index (κ2) is 5.32. The first kappa shape index (κ1) is 12.8. The van der Waals surface area contributed by atoms with Crippen LogP contribution in [-0.4, -0.2) is 57.8 Å². The van der Waals surface area contributed by atoms with E-state index in [0.29, 0.717) is 19.8 Å². The van der Waals surface area contributed by atoms with Crippen molar-refractivity contribution in [2.45, 2.75) is 25.0 Å². The van der Waals surface area contributed by atoms with Gasteiger partial charge in [-0.25, -0.2) is 8.42 Å². The van der Waals surface area contributed by atoms with E-state index in [1.54, 1.807) is 0 Å². The van der Waals surface area contributed by atoms with Crippen LogP contribution in [0.25, 0.3) is 0 Å². The number of rotatable bonds is 3. The summed E-state index contributed by atoms with van der Waals surface area (Å²) in [4.78, 5) is 11.6. The molecule has 2 atom stereocenters. The summed E-state index contributed by atoms with van der Waals surface area (Å²) in [7, 11) is -3.00. The van der Waals surface area contributed by atoms with Crippen LogP contribution in [0.15, 0.2) is 0 Å². The molecule has 0 bridgehead atoms. The molecule has 17 heavy (non-hydrogen) atoms. The molecule has 0 saturated carbocycles. The Morgan fingerprint density at radius 1 is 1.47 bits per heavy atom. The number of ether oxygens (including phenoxy) is 2. The third-order valence-corrected chi connectivity index (χ3v) is 4.64. The molecule has 2 aliphatic heterocycles. The van der Waals surface area contributed by atoms with Crippen LogP contribution in [0.4, 0.5) is 0 Å². The minimum absolute atomic E-state index is 0.0171. The predicted molar refractivity (Wildman–Crippen MR) is 60.4 cm³/mol. The summed E-state index contributed by atoms with van der Waals surface area (Å²) in [6.45, 7) is 1.48. The Balaban J connectivity index is 1.77. The predicted octanol–water partition coefficient (Wildman–Crippen LogP) is -0.905. The molecular formula is C10H17NO5S. The highest BCUT2D eigenvalue weighted by molar-refractivity contribution is 7.91. The third kappa shape index (κ3) is 3.93. The Bertz CT molecular complexity index is 374. The Morgan fingerprint density at radius 2 is 2.29 bits per heavy atom. The van der Waals surface area contributed by atoms with E-state index >= 15 is 0 Å². The molecule has 2 heterocycles. The van der Waals surface area contributed by atoms with E-state index in [2.05, 4.69) is 5.32 Å². The number of hydrogen-bond donors (Lipinski definition) is 1. The Morgan fingerprint density at radius 3 is 2.94 bits per heavy atom. The summed E-state index contributed by atoms with van der Waals surface area (Å²) in [6.07, 6.45) is 0.667. The van der Waals surface area contributed by atoms with Crippen molar-refractivity contribution >= 4 is 15.8 Å². The average Bonchev–Trinajstić information content (AvgIpc) is 2.68. The summed E-state index contributed by atoms with van der Waals surface area (Å²) in [6, 6.07) is -0.316. The van der Waals surface area contributed by atoms with E-state index in [1.807, 2.05) is 0 Å². The zero-order valence-electron chi connectivity index (χ0n) is 9.55. The fraction of sp³-hybridized carbons (Fsp3) is 0.900. The summed E-state index contributed by atoms with van der Waals surface area (Å²) in [5.74, 6) is -0.187. The van der Waals surface area contributed by atoms with E-state index in [1.165, 1.54) is 0 Å². The highest BCUT2D eigenvalue weighted by Gasteiger charge is 2.28. The second-order valence-electron chi connectivity index (χ2n) is 4.44. The molecule has 2 aliphatic rings. The summed E-state index contributed by atoms with van der Waals surface area (Å²) in [5.41, 5.74) is 0. The van der Waals surface area contributed by atoms with Gasteiger partial charge < -0.3 is 14.8 Å². The molecule has 0 aliphatic carbocycles. The maximum atomic E-state index is 11.6. The van der Waals surface area contributed by atoms with Crippen LogP contribution < -0.4 is 5.32 Å². The first-order valence-corrected chi connectivity index (χ1v) is 7.58. The topological polar surface area (TPSA) is 81.7 Å². The van der Waals surface area contributed by atoms with Crippen molar-refractivity contribution in [1.29, 1.82) is 0 Å². The van der Waals surface area contributed by atoms with Crippen LogP contribution in [0.3, 0.4) is 0 Å². The lowest BCUT2D eigenvalue weighted by Crippen LogP contribution is -2.46. The highest BCUT2D eigenvalue weighted by Crippen LogP contribution is 2.11. The van der Waals surface area contributed by atoms with Crippen LogP contribution >= 0.6 is 0 Å². The van der Waals surface area contributed by atoms with Crippen molar-refractivity contribution in [3.8, 4) is 0 Å². The Kier molecular flexibility index (Phi) is 4.01. The van der Waals surface area contributed by atoms with Crippen molar-refractivity contribution in [1.82, 2.24) is 5.32 Å². The largest absolute Gasteiger partial charge is 0.460 e. The zero-order valence-corrected chi connectivity index (χ0v) is 10.4. The lowest BCUT2D eigenvalue weighted by Gasteiger charge is -2.23. The summed E-state index contributed by atoms with van der Waals surface area (Å²) >= 11 is 0. The molecule has 6 nitrogen and oxygen atoms in total. The van der Waals surface area contributed by atoms with E-state index in [-0.39, 0.29) is 36.0 Å². The minimum Gasteiger partial charge on any atom is -0.460 e. The fourth-order valence-electron chi connectivity index (χ4n) is 2.04. The van der Waals surface area contributed by atoms with E-state index in [4.69, 9.17) is 9.47 Å². The zero-order chi connectivity index (χ0) is 12.3. The maximum absolute atomic E-state index is 11.6. The van der Waals surface area contributed by atoms with Gasteiger partial charge in [0.25, 0.3) is 0 Å². The van der Waals surface area contributed by atoms with Crippen molar-refractivity contribution < 1.29 is 22.7 Å². The molecular weight excluding hydrogens is 246 g/mol. The quantitative estimate of drug-likeness (QED) is 0.664. The van der Waals surface area contributed by atoms with Gasteiger partial charge in [-0.1, -0.05) is 0 Å². The first-order valence-electron chi connectivity index (χ1n) is 5.76. The van der Waals surface area contributed by atoms with E-state index in [0.717, 1.165) is 6.42 Å². The number of esters is 1. The van der Waals surface area contributed by atoms with Crippen molar-refractivity contribution in [3.63, 3.8) is 0 Å². The summed E-state index contributed by atoms with van der Waals surface area (Å²) < 4.78 is 33.0. The normalized spacial score (nSPS) is 32.2. The molecule has 7 heteroatoms. The molecule has 0 amide bonds. The summed E-state index contributed by atoms with van der Waals surface area (Å²) in [5, 5.41) is 3.02. The van der Waals surface area contributed by atoms with Gasteiger partial charge in [0.15, 0.2) is 9.84 Å². The molecule has 0 aromatic rings. The van der Waals surface area contributed by atoms with Crippen molar-refractivity contribution in [3.05, 3.63) is 0 Å². The first-order chi connectivity index (χ1) is 8.05. The number of carbonyl (C=O) groups excluding carboxylic acids is 1. The maximum Gasteiger partial charge on any atom is 0.307 e. The van der Waals surface area contributed by atoms with Gasteiger partial charge in [-0.2, -0.15) is 0 Å². The molecule has 0 aromatic heterocycles. The molecule has 2 unspecified atom stereocenters. The molecule has 2 rings (SSSR count).